The summed E-state index contributed by atoms with van der Waals surface area (Å²) >= 11 is 2.23. The number of aromatic nitrogens is 4. The normalized spacial score (nSPS) is 15.5. The van der Waals surface area contributed by atoms with Crippen molar-refractivity contribution in [2.75, 3.05) is 24.2 Å². The Morgan fingerprint density at radius 1 is 1.19 bits per heavy atom. The molecule has 0 fully saturated rings. The second kappa shape index (κ2) is 9.96. The van der Waals surface area contributed by atoms with Gasteiger partial charge in [0.25, 0.3) is 0 Å². The lowest BCUT2D eigenvalue weighted by Crippen LogP contribution is -2.16. The Bertz CT molecular complexity index is 1050. The van der Waals surface area contributed by atoms with Crippen LogP contribution in [0.15, 0.2) is 54.6 Å². The van der Waals surface area contributed by atoms with E-state index in [4.69, 9.17) is 10.5 Å². The van der Waals surface area contributed by atoms with Gasteiger partial charge in [0.2, 0.25) is 10.2 Å². The number of ether oxygens (including phenoxy) is 1. The van der Waals surface area contributed by atoms with Crippen molar-refractivity contribution in [3.05, 3.63) is 71.4 Å². The van der Waals surface area contributed by atoms with Crippen LogP contribution in [-0.2, 0) is 24.1 Å². The molecule has 1 atom stereocenters. The molecule has 4 rings (SSSR count). The number of benzene rings is 1. The van der Waals surface area contributed by atoms with Crippen LogP contribution < -0.4 is 16.4 Å². The zero-order valence-electron chi connectivity index (χ0n) is 17.2. The fourth-order valence-electron chi connectivity index (χ4n) is 3.17. The van der Waals surface area contributed by atoms with Gasteiger partial charge < -0.3 is 26.0 Å². The Morgan fingerprint density at radius 2 is 2.06 bits per heavy atom. The number of nitrogens with one attached hydrogen (secondary N) is 3. The number of halogens is 1. The molecule has 1 unspecified atom stereocenters. The number of aromatic amines is 1. The van der Waals surface area contributed by atoms with Crippen LogP contribution in [0.5, 0.6) is 0 Å². The number of alkyl halides is 1. The monoisotopic (exact) mass is 532 g/mol. The van der Waals surface area contributed by atoms with E-state index in [2.05, 4.69) is 65.5 Å². The summed E-state index contributed by atoms with van der Waals surface area (Å²) in [7, 11) is 1.97. The predicted molar refractivity (Wildman–Crippen MR) is 129 cm³/mol. The Labute approximate surface area is 194 Å². The summed E-state index contributed by atoms with van der Waals surface area (Å²) in [5.41, 5.74) is 9.19. The van der Waals surface area contributed by atoms with Crippen LogP contribution in [0.4, 0.5) is 17.6 Å². The molecular formula is C21H25IN8O. The van der Waals surface area contributed by atoms with Crippen molar-refractivity contribution < 1.29 is 4.74 Å². The smallest absolute Gasteiger partial charge is 0.224 e. The van der Waals surface area contributed by atoms with E-state index in [1.54, 1.807) is 12.3 Å². The van der Waals surface area contributed by atoms with Crippen molar-refractivity contribution in [1.29, 1.82) is 0 Å². The van der Waals surface area contributed by atoms with Gasteiger partial charge in [0.15, 0.2) is 5.82 Å². The van der Waals surface area contributed by atoms with E-state index < -0.39 is 0 Å². The standard InChI is InChI=1S/C21H25IN8O/c1-30-13-17(31-20(30)22)12-25-21-24-8-7-18(27-21)26-19-10-16(28-29-19)6-5-14-3-2-4-15(9-14)11-23/h2-4,7-10,13,20H,5-6,11-12,23H2,1H3,(H3,24,25,26,27,28,29). The van der Waals surface area contributed by atoms with Gasteiger partial charge in [-0.3, -0.25) is 5.10 Å². The van der Waals surface area contributed by atoms with E-state index in [0.717, 1.165) is 29.9 Å². The van der Waals surface area contributed by atoms with Crippen molar-refractivity contribution >= 4 is 40.2 Å². The molecule has 0 spiro atoms. The van der Waals surface area contributed by atoms with E-state index in [1.165, 1.54) is 5.56 Å². The van der Waals surface area contributed by atoms with E-state index in [0.29, 0.717) is 30.7 Å². The van der Waals surface area contributed by atoms with Crippen LogP contribution in [0.1, 0.15) is 16.8 Å². The lowest BCUT2D eigenvalue weighted by atomic mass is 10.1. The van der Waals surface area contributed by atoms with Crippen molar-refractivity contribution in [2.24, 2.45) is 5.73 Å². The lowest BCUT2D eigenvalue weighted by Gasteiger charge is -2.12. The fourth-order valence-corrected chi connectivity index (χ4v) is 3.65. The molecule has 0 saturated carbocycles. The number of hydrogen-bond donors (Lipinski definition) is 4. The third-order valence-electron chi connectivity index (χ3n) is 4.79. The third kappa shape index (κ3) is 5.85. The average Bonchev–Trinajstić information content (AvgIpc) is 3.36. The molecule has 1 aliphatic heterocycles. The number of anilines is 3. The molecule has 0 aliphatic carbocycles. The largest absolute Gasteiger partial charge is 0.462 e. The highest BCUT2D eigenvalue weighted by Crippen LogP contribution is 2.21. The zero-order valence-corrected chi connectivity index (χ0v) is 19.3. The number of nitrogens with two attached hydrogens (primary N) is 1. The van der Waals surface area contributed by atoms with Gasteiger partial charge in [-0.05, 0) is 52.6 Å². The molecule has 9 nitrogen and oxygen atoms in total. The first-order chi connectivity index (χ1) is 15.1. The molecule has 2 aromatic heterocycles. The van der Waals surface area contributed by atoms with Crippen molar-refractivity contribution in [3.8, 4) is 0 Å². The molecule has 0 radical (unpaired) electrons. The van der Waals surface area contributed by atoms with Crippen LogP contribution >= 0.6 is 22.6 Å². The van der Waals surface area contributed by atoms with Gasteiger partial charge >= 0.3 is 0 Å². The fraction of sp³-hybridized carbons (Fsp3) is 0.286. The number of aryl methyl sites for hydroxylation is 2. The second-order valence-corrected chi connectivity index (χ2v) is 8.28. The van der Waals surface area contributed by atoms with Crippen LogP contribution in [0.25, 0.3) is 0 Å². The first-order valence-corrected chi connectivity index (χ1v) is 11.2. The van der Waals surface area contributed by atoms with Crippen LogP contribution in [0, 0.1) is 0 Å². The minimum absolute atomic E-state index is 0.0155. The first-order valence-electron chi connectivity index (χ1n) is 9.98. The van der Waals surface area contributed by atoms with E-state index >= 15 is 0 Å². The molecular weight excluding hydrogens is 507 g/mol. The molecule has 0 bridgehead atoms. The third-order valence-corrected chi connectivity index (χ3v) is 5.92. The van der Waals surface area contributed by atoms with Crippen LogP contribution in [0.2, 0.25) is 0 Å². The summed E-state index contributed by atoms with van der Waals surface area (Å²) in [6, 6.07) is 12.2. The zero-order chi connectivity index (χ0) is 21.6. The SMILES string of the molecule is CN1C=C(CNc2nccc(Nc3cc(CCc4cccc(CN)c4)[nH]n3)n2)OC1I. The number of rotatable bonds is 9. The van der Waals surface area contributed by atoms with E-state index in [-0.39, 0.29) is 4.23 Å². The minimum Gasteiger partial charge on any atom is -0.462 e. The minimum atomic E-state index is 0.0155. The highest BCUT2D eigenvalue weighted by atomic mass is 127. The Morgan fingerprint density at radius 3 is 2.87 bits per heavy atom. The van der Waals surface area contributed by atoms with Gasteiger partial charge in [0.1, 0.15) is 11.6 Å². The summed E-state index contributed by atoms with van der Waals surface area (Å²) in [5.74, 6) is 2.74. The highest BCUT2D eigenvalue weighted by molar-refractivity contribution is 14.1. The van der Waals surface area contributed by atoms with E-state index in [1.807, 2.05) is 36.3 Å². The molecule has 162 valence electrons. The quantitative estimate of drug-likeness (QED) is 0.189. The van der Waals surface area contributed by atoms with Crippen molar-refractivity contribution in [2.45, 2.75) is 23.6 Å². The number of hydrogen-bond acceptors (Lipinski definition) is 8. The van der Waals surface area contributed by atoms with Gasteiger partial charge in [-0.2, -0.15) is 10.1 Å². The van der Waals surface area contributed by atoms with E-state index in [9.17, 15) is 0 Å². The van der Waals surface area contributed by atoms with Gasteiger partial charge in [0.05, 0.1) is 6.54 Å². The van der Waals surface area contributed by atoms with Crippen molar-refractivity contribution in [1.82, 2.24) is 25.1 Å². The molecule has 1 aliphatic rings. The van der Waals surface area contributed by atoms with Crippen LogP contribution in [-0.4, -0.2) is 42.9 Å². The van der Waals surface area contributed by atoms with Crippen molar-refractivity contribution in [3.63, 3.8) is 0 Å². The molecule has 10 heteroatoms. The summed E-state index contributed by atoms with van der Waals surface area (Å²) in [6.07, 6.45) is 5.44. The summed E-state index contributed by atoms with van der Waals surface area (Å²) in [5, 5.41) is 13.8. The Kier molecular flexibility index (Phi) is 6.87. The Balaban J connectivity index is 1.31. The molecule has 5 N–H and O–H groups in total. The Hall–Kier alpha value is -2.86. The number of nitrogens with zero attached hydrogens (tertiary/aromatic N) is 4. The van der Waals surface area contributed by atoms with Crippen LogP contribution in [0.3, 0.4) is 0 Å². The maximum atomic E-state index is 5.72. The molecule has 31 heavy (non-hydrogen) atoms. The lowest BCUT2D eigenvalue weighted by molar-refractivity contribution is 0.150. The number of H-pyrrole nitrogens is 1. The summed E-state index contributed by atoms with van der Waals surface area (Å²) in [6.45, 7) is 1.08. The molecule has 3 heterocycles. The molecule has 0 amide bonds. The maximum absolute atomic E-state index is 5.72. The second-order valence-electron chi connectivity index (χ2n) is 7.22. The van der Waals surface area contributed by atoms with Gasteiger partial charge in [-0.15, -0.1) is 0 Å². The maximum Gasteiger partial charge on any atom is 0.224 e. The average molecular weight is 532 g/mol. The van der Waals surface area contributed by atoms with Gasteiger partial charge in [-0.1, -0.05) is 24.3 Å². The summed E-state index contributed by atoms with van der Waals surface area (Å²) < 4.78 is 5.73. The predicted octanol–water partition coefficient (Wildman–Crippen LogP) is 3.12. The summed E-state index contributed by atoms with van der Waals surface area (Å²) in [4.78, 5) is 10.8. The van der Waals surface area contributed by atoms with Gasteiger partial charge in [0, 0.05) is 37.7 Å². The molecule has 3 aromatic rings. The first kappa shape index (κ1) is 21.4. The topological polar surface area (TPSA) is 117 Å². The molecule has 1 aromatic carbocycles. The van der Waals surface area contributed by atoms with Gasteiger partial charge in [-0.25, -0.2) is 4.98 Å². The highest BCUT2D eigenvalue weighted by Gasteiger charge is 2.19. The molecule has 0 saturated heterocycles.